The molecule has 3 heterocycles. The average molecular weight is 411 g/mol. The lowest BCUT2D eigenvalue weighted by Gasteiger charge is -2.29. The van der Waals surface area contributed by atoms with Crippen LogP contribution in [0.5, 0.6) is 11.5 Å². The van der Waals surface area contributed by atoms with Crippen molar-refractivity contribution in [2.45, 2.75) is 6.10 Å². The van der Waals surface area contributed by atoms with Gasteiger partial charge >= 0.3 is 0 Å². The summed E-state index contributed by atoms with van der Waals surface area (Å²) in [5.41, 5.74) is 2.95. The molecule has 0 bridgehead atoms. The maximum atomic E-state index is 13.4. The van der Waals surface area contributed by atoms with Crippen molar-refractivity contribution in [2.24, 2.45) is 0 Å². The fraction of sp³-hybridized carbons (Fsp3) is 0.160. The summed E-state index contributed by atoms with van der Waals surface area (Å²) >= 11 is 0. The molecule has 0 saturated heterocycles. The van der Waals surface area contributed by atoms with Crippen molar-refractivity contribution in [1.29, 1.82) is 0 Å². The summed E-state index contributed by atoms with van der Waals surface area (Å²) in [6.07, 6.45) is 3.23. The van der Waals surface area contributed by atoms with Gasteiger partial charge in [-0.25, -0.2) is 4.98 Å². The second-order valence-corrected chi connectivity index (χ2v) is 7.50. The Bertz CT molecular complexity index is 1240. The normalized spacial score (nSPS) is 14.9. The van der Waals surface area contributed by atoms with Crippen LogP contribution in [0.3, 0.4) is 0 Å². The number of rotatable bonds is 4. The standard InChI is InChI=1S/C25H21N3O3/c1-28(15-18-16-30-23-10-4-5-11-24(23)31-18)25(29)20-13-22(17-7-6-12-26-14-17)27-21-9-3-2-8-19(20)21/h2-14,18H,15-16H2,1H3. The molecule has 2 aromatic carbocycles. The van der Waals surface area contributed by atoms with Crippen molar-refractivity contribution < 1.29 is 14.3 Å². The SMILES string of the molecule is CN(CC1COc2ccccc2O1)C(=O)c1cc(-c2cccnc2)nc2ccccc12. The van der Waals surface area contributed by atoms with Gasteiger partial charge in [-0.1, -0.05) is 30.3 Å². The maximum absolute atomic E-state index is 13.4. The lowest BCUT2D eigenvalue weighted by atomic mass is 10.0. The molecule has 0 N–H and O–H groups in total. The summed E-state index contributed by atoms with van der Waals surface area (Å²) < 4.78 is 11.8. The molecule has 0 radical (unpaired) electrons. The third-order valence-electron chi connectivity index (χ3n) is 5.30. The van der Waals surface area contributed by atoms with Crippen LogP contribution in [-0.4, -0.2) is 47.1 Å². The van der Waals surface area contributed by atoms with Crippen LogP contribution in [0.15, 0.2) is 79.1 Å². The zero-order valence-electron chi connectivity index (χ0n) is 17.1. The van der Waals surface area contributed by atoms with Gasteiger partial charge in [0.25, 0.3) is 5.91 Å². The zero-order chi connectivity index (χ0) is 21.2. The molecule has 4 aromatic rings. The van der Waals surface area contributed by atoms with Crippen LogP contribution >= 0.6 is 0 Å². The third kappa shape index (κ3) is 3.80. The number of likely N-dealkylation sites (N-methyl/N-ethyl adjacent to an activating group) is 1. The number of carbonyl (C=O) groups excluding carboxylic acids is 1. The van der Waals surface area contributed by atoms with Crippen molar-refractivity contribution in [1.82, 2.24) is 14.9 Å². The van der Waals surface area contributed by atoms with Crippen molar-refractivity contribution in [3.8, 4) is 22.8 Å². The van der Waals surface area contributed by atoms with E-state index in [-0.39, 0.29) is 12.0 Å². The summed E-state index contributed by atoms with van der Waals surface area (Å²) in [4.78, 5) is 24.0. The smallest absolute Gasteiger partial charge is 0.254 e. The van der Waals surface area contributed by atoms with Crippen LogP contribution in [0.1, 0.15) is 10.4 Å². The number of pyridine rings is 2. The fourth-order valence-corrected chi connectivity index (χ4v) is 3.76. The van der Waals surface area contributed by atoms with Gasteiger partial charge < -0.3 is 14.4 Å². The number of amides is 1. The number of ether oxygens (including phenoxy) is 2. The minimum absolute atomic E-state index is 0.0915. The molecule has 6 nitrogen and oxygen atoms in total. The first-order valence-electron chi connectivity index (χ1n) is 10.1. The lowest BCUT2D eigenvalue weighted by molar-refractivity contribution is 0.0522. The highest BCUT2D eigenvalue weighted by atomic mass is 16.6. The Balaban J connectivity index is 1.44. The Hall–Kier alpha value is -3.93. The fourth-order valence-electron chi connectivity index (χ4n) is 3.76. The molecular weight excluding hydrogens is 390 g/mol. The van der Waals surface area contributed by atoms with Crippen molar-refractivity contribution in [2.75, 3.05) is 20.2 Å². The number of carbonyl (C=O) groups is 1. The Labute approximate surface area is 180 Å². The molecule has 154 valence electrons. The van der Waals surface area contributed by atoms with Crippen molar-refractivity contribution in [3.05, 3.63) is 84.7 Å². The third-order valence-corrected chi connectivity index (χ3v) is 5.30. The quantitative estimate of drug-likeness (QED) is 0.503. The van der Waals surface area contributed by atoms with Gasteiger partial charge in [0.15, 0.2) is 17.6 Å². The molecule has 1 unspecified atom stereocenters. The van der Waals surface area contributed by atoms with Gasteiger partial charge in [-0.15, -0.1) is 0 Å². The van der Waals surface area contributed by atoms with Crippen LogP contribution in [0, 0.1) is 0 Å². The predicted octanol–water partition coefficient (Wildman–Crippen LogP) is 4.21. The van der Waals surface area contributed by atoms with E-state index in [1.165, 1.54) is 0 Å². The van der Waals surface area contributed by atoms with Crippen LogP contribution < -0.4 is 9.47 Å². The molecule has 1 amide bonds. The number of nitrogens with zero attached hydrogens (tertiary/aromatic N) is 3. The van der Waals surface area contributed by atoms with Gasteiger partial charge in [-0.05, 0) is 36.4 Å². The van der Waals surface area contributed by atoms with E-state index < -0.39 is 0 Å². The first kappa shape index (κ1) is 19.1. The average Bonchev–Trinajstić information content (AvgIpc) is 2.83. The monoisotopic (exact) mass is 411 g/mol. The number of hydrogen-bond acceptors (Lipinski definition) is 5. The van der Waals surface area contributed by atoms with Gasteiger partial charge in [0.05, 0.1) is 23.3 Å². The molecule has 2 aromatic heterocycles. The highest BCUT2D eigenvalue weighted by molar-refractivity contribution is 6.07. The summed E-state index contributed by atoms with van der Waals surface area (Å²) in [5.74, 6) is 1.34. The Kier molecular flexibility index (Phi) is 4.96. The minimum Gasteiger partial charge on any atom is -0.486 e. The van der Waals surface area contributed by atoms with E-state index in [0.29, 0.717) is 24.5 Å². The van der Waals surface area contributed by atoms with E-state index >= 15 is 0 Å². The lowest BCUT2D eigenvalue weighted by Crippen LogP contribution is -2.41. The molecule has 0 spiro atoms. The van der Waals surface area contributed by atoms with E-state index in [4.69, 9.17) is 14.5 Å². The first-order chi connectivity index (χ1) is 15.2. The summed E-state index contributed by atoms with van der Waals surface area (Å²) in [7, 11) is 1.78. The largest absolute Gasteiger partial charge is 0.486 e. The van der Waals surface area contributed by atoms with E-state index in [1.807, 2.05) is 66.7 Å². The number of benzene rings is 2. The molecule has 0 aliphatic carbocycles. The number of fused-ring (bicyclic) bond motifs is 2. The van der Waals surface area contributed by atoms with Gasteiger partial charge in [-0.3, -0.25) is 9.78 Å². The van der Waals surface area contributed by atoms with Crippen molar-refractivity contribution in [3.63, 3.8) is 0 Å². The summed E-state index contributed by atoms with van der Waals surface area (Å²) in [6.45, 7) is 0.804. The van der Waals surface area contributed by atoms with Gasteiger partial charge in [0.1, 0.15) is 6.61 Å². The van der Waals surface area contributed by atoms with Gasteiger partial charge in [-0.2, -0.15) is 0 Å². The Morgan fingerprint density at radius 3 is 2.71 bits per heavy atom. The van der Waals surface area contributed by atoms with E-state index in [0.717, 1.165) is 27.9 Å². The van der Waals surface area contributed by atoms with Crippen molar-refractivity contribution >= 4 is 16.8 Å². The van der Waals surface area contributed by atoms with E-state index in [2.05, 4.69) is 4.98 Å². The molecule has 5 rings (SSSR count). The Morgan fingerprint density at radius 2 is 1.87 bits per heavy atom. The van der Waals surface area contributed by atoms with Gasteiger partial charge in [0, 0.05) is 30.4 Å². The second-order valence-electron chi connectivity index (χ2n) is 7.50. The van der Waals surface area contributed by atoms with Crippen LogP contribution in [0.2, 0.25) is 0 Å². The summed E-state index contributed by atoms with van der Waals surface area (Å²) in [6, 6.07) is 20.9. The van der Waals surface area contributed by atoms with E-state index in [1.54, 1.807) is 24.3 Å². The van der Waals surface area contributed by atoms with Gasteiger partial charge in [0.2, 0.25) is 0 Å². The number of aromatic nitrogens is 2. The number of hydrogen-bond donors (Lipinski definition) is 0. The Morgan fingerprint density at radius 1 is 1.06 bits per heavy atom. The van der Waals surface area contributed by atoms with Crippen LogP contribution in [0.4, 0.5) is 0 Å². The highest BCUT2D eigenvalue weighted by Crippen LogP contribution is 2.31. The molecule has 1 aliphatic heterocycles. The predicted molar refractivity (Wildman–Crippen MR) is 118 cm³/mol. The van der Waals surface area contributed by atoms with Crippen LogP contribution in [-0.2, 0) is 0 Å². The molecule has 6 heteroatoms. The molecule has 1 atom stereocenters. The second kappa shape index (κ2) is 8.07. The van der Waals surface area contributed by atoms with E-state index in [9.17, 15) is 4.79 Å². The molecule has 1 aliphatic rings. The molecule has 31 heavy (non-hydrogen) atoms. The molecular formula is C25H21N3O3. The van der Waals surface area contributed by atoms with Crippen LogP contribution in [0.25, 0.3) is 22.2 Å². The summed E-state index contributed by atoms with van der Waals surface area (Å²) in [5, 5.41) is 0.818. The highest BCUT2D eigenvalue weighted by Gasteiger charge is 2.25. The first-order valence-corrected chi connectivity index (χ1v) is 10.1. The zero-order valence-corrected chi connectivity index (χ0v) is 17.1. The topological polar surface area (TPSA) is 64.6 Å². The maximum Gasteiger partial charge on any atom is 0.254 e. The minimum atomic E-state index is -0.241. The molecule has 0 saturated carbocycles. The number of para-hydroxylation sites is 3. The molecule has 0 fully saturated rings.